The van der Waals surface area contributed by atoms with Crippen LogP contribution in [-0.2, 0) is 57.1 Å². The third-order valence-electron chi connectivity index (χ3n) is 10.9. The molecule has 0 radical (unpaired) electrons. The molecule has 2 bridgehead atoms. The summed E-state index contributed by atoms with van der Waals surface area (Å²) in [4.78, 5) is 98.8. The lowest BCUT2D eigenvalue weighted by Gasteiger charge is -2.49. The molecule has 3 aliphatic rings. The highest BCUT2D eigenvalue weighted by molar-refractivity contribution is 5.91. The van der Waals surface area contributed by atoms with Gasteiger partial charge in [0.05, 0.1) is 23.0 Å². The van der Waals surface area contributed by atoms with Crippen molar-refractivity contribution < 1.29 is 71.8 Å². The maximum Gasteiger partial charge on any atom is 0.340 e. The highest BCUT2D eigenvalue weighted by Crippen LogP contribution is 2.60. The molecule has 2 saturated heterocycles. The summed E-state index contributed by atoms with van der Waals surface area (Å²) in [6.07, 6.45) is -8.16. The number of carbonyl (C=O) groups excluding carboxylic acids is 7. The van der Waals surface area contributed by atoms with Crippen LogP contribution in [0.15, 0.2) is 67.0 Å². The van der Waals surface area contributed by atoms with Gasteiger partial charge < -0.3 is 38.3 Å². The molecule has 57 heavy (non-hydrogen) atoms. The summed E-state index contributed by atoms with van der Waals surface area (Å²) >= 11 is 0. The number of aliphatic hydroxyl groups is 1. The van der Waals surface area contributed by atoms with E-state index in [0.717, 1.165) is 27.7 Å². The topological polar surface area (TPSA) is 217 Å². The summed E-state index contributed by atoms with van der Waals surface area (Å²) in [5, 5.41) is 13.0. The Hall–Kier alpha value is -5.48. The first-order chi connectivity index (χ1) is 26.7. The lowest BCUT2D eigenvalue weighted by atomic mass is 9.68. The van der Waals surface area contributed by atoms with Gasteiger partial charge in [0, 0.05) is 51.1 Å². The molecule has 2 aromatic rings. The molecule has 1 aromatic heterocycles. The molecule has 2 aliphatic heterocycles. The van der Waals surface area contributed by atoms with Crippen LogP contribution in [0.2, 0.25) is 0 Å². The Labute approximate surface area is 329 Å². The second-order valence-corrected chi connectivity index (χ2v) is 15.3. The van der Waals surface area contributed by atoms with Crippen molar-refractivity contribution in [2.45, 2.75) is 110 Å². The largest absolute Gasteiger partial charge is 0.462 e. The molecule has 0 amide bonds. The summed E-state index contributed by atoms with van der Waals surface area (Å²) in [5.74, 6) is -13.1. The fraction of sp³-hybridized carbons (Fsp3) is 0.512. The Morgan fingerprint density at radius 2 is 1.35 bits per heavy atom. The van der Waals surface area contributed by atoms with Crippen LogP contribution >= 0.6 is 0 Å². The van der Waals surface area contributed by atoms with E-state index in [-0.39, 0.29) is 23.1 Å². The van der Waals surface area contributed by atoms with Crippen LogP contribution < -0.4 is 0 Å². The van der Waals surface area contributed by atoms with Crippen LogP contribution in [0.25, 0.3) is 0 Å². The normalized spacial score (nSPS) is 33.1. The van der Waals surface area contributed by atoms with Gasteiger partial charge in [0.1, 0.15) is 18.3 Å². The fourth-order valence-electron chi connectivity index (χ4n) is 8.48. The Balaban J connectivity index is 1.89. The van der Waals surface area contributed by atoms with Gasteiger partial charge in [0.15, 0.2) is 29.7 Å². The summed E-state index contributed by atoms with van der Waals surface area (Å²) in [5.41, 5.74) is -4.51. The van der Waals surface area contributed by atoms with E-state index in [1.54, 1.807) is 25.1 Å². The zero-order chi connectivity index (χ0) is 42.2. The molecule has 1 aliphatic carbocycles. The Morgan fingerprint density at radius 1 is 0.772 bits per heavy atom. The van der Waals surface area contributed by atoms with Gasteiger partial charge in [0.2, 0.25) is 5.79 Å². The second-order valence-electron chi connectivity index (χ2n) is 15.3. The van der Waals surface area contributed by atoms with E-state index in [1.165, 1.54) is 57.4 Å². The molecule has 1 N–H and O–H groups in total. The summed E-state index contributed by atoms with van der Waals surface area (Å²) in [6, 6.07) is 10.5. The van der Waals surface area contributed by atoms with Gasteiger partial charge in [-0.15, -0.1) is 0 Å². The van der Waals surface area contributed by atoms with Gasteiger partial charge in [0.25, 0.3) is 0 Å². The maximum absolute atomic E-state index is 14.7. The van der Waals surface area contributed by atoms with Gasteiger partial charge in [-0.2, -0.15) is 0 Å². The zero-order valence-corrected chi connectivity index (χ0v) is 32.9. The number of esters is 6. The Morgan fingerprint density at radius 3 is 1.91 bits per heavy atom. The second kappa shape index (κ2) is 16.2. The molecular formula is C41H47NO15. The van der Waals surface area contributed by atoms with E-state index < -0.39 is 113 Å². The van der Waals surface area contributed by atoms with Crippen molar-refractivity contribution in [3.63, 3.8) is 0 Å². The number of benzene rings is 1. The van der Waals surface area contributed by atoms with E-state index >= 15 is 0 Å². The van der Waals surface area contributed by atoms with Crippen molar-refractivity contribution in [2.24, 2.45) is 23.2 Å². The molecule has 3 fully saturated rings. The van der Waals surface area contributed by atoms with Crippen molar-refractivity contribution in [1.82, 2.24) is 4.98 Å². The molecule has 0 spiro atoms. The summed E-state index contributed by atoms with van der Waals surface area (Å²) < 4.78 is 42.5. The first-order valence-electron chi connectivity index (χ1n) is 18.4. The van der Waals surface area contributed by atoms with E-state index in [9.17, 15) is 38.7 Å². The Kier molecular flexibility index (Phi) is 12.1. The minimum absolute atomic E-state index is 0.0234. The number of fused-ring (bicyclic) bond motifs is 4. The molecule has 11 atom stereocenters. The number of carbonyl (C=O) groups is 7. The molecule has 1 aromatic carbocycles. The smallest absolute Gasteiger partial charge is 0.340 e. The van der Waals surface area contributed by atoms with E-state index in [0.29, 0.717) is 0 Å². The number of hydrogen-bond acceptors (Lipinski definition) is 16. The van der Waals surface area contributed by atoms with Crippen molar-refractivity contribution in [3.8, 4) is 0 Å². The van der Waals surface area contributed by atoms with E-state index in [2.05, 4.69) is 11.6 Å². The predicted octanol–water partition coefficient (Wildman–Crippen LogP) is 3.47. The SMILES string of the molecule is C=C1C(OC(C)=O)[C@@H](OC(=O)c2ccccc2)C(OC(=O)c2cccnc2)C(C)(C)[C@H]2O[C@](O)([C@H](C)C2=O)[C@@]2(OC(C)=O)C[C@H](C)C(OC(C)=O)[C@@H]2[C@H]1OC(C)=O. The first-order valence-corrected chi connectivity index (χ1v) is 18.4. The van der Waals surface area contributed by atoms with Crippen molar-refractivity contribution in [1.29, 1.82) is 0 Å². The molecule has 16 nitrogen and oxygen atoms in total. The van der Waals surface area contributed by atoms with Gasteiger partial charge >= 0.3 is 35.8 Å². The lowest BCUT2D eigenvalue weighted by molar-refractivity contribution is -0.333. The number of hydrogen-bond donors (Lipinski definition) is 1. The van der Waals surface area contributed by atoms with Gasteiger partial charge in [-0.05, 0) is 36.6 Å². The van der Waals surface area contributed by atoms with Crippen molar-refractivity contribution in [3.05, 3.63) is 78.1 Å². The van der Waals surface area contributed by atoms with Crippen LogP contribution in [-0.4, -0.2) is 99.7 Å². The predicted molar refractivity (Wildman–Crippen MR) is 194 cm³/mol. The highest BCUT2D eigenvalue weighted by atomic mass is 16.7. The van der Waals surface area contributed by atoms with Crippen LogP contribution in [0.1, 0.15) is 82.5 Å². The van der Waals surface area contributed by atoms with Gasteiger partial charge in [-0.1, -0.05) is 52.5 Å². The monoisotopic (exact) mass is 793 g/mol. The summed E-state index contributed by atoms with van der Waals surface area (Å²) in [7, 11) is 0. The average Bonchev–Trinajstić information content (AvgIpc) is 3.55. The number of Topliss-reactive ketones (excluding diaryl/α,β-unsaturated/α-hetero) is 1. The number of ketones is 1. The van der Waals surface area contributed by atoms with Crippen molar-refractivity contribution >= 4 is 41.6 Å². The molecule has 16 heteroatoms. The average molecular weight is 794 g/mol. The first kappa shape index (κ1) is 42.7. The molecule has 1 saturated carbocycles. The third kappa shape index (κ3) is 7.92. The van der Waals surface area contributed by atoms with Gasteiger partial charge in [-0.25, -0.2) is 9.59 Å². The van der Waals surface area contributed by atoms with Crippen molar-refractivity contribution in [2.75, 3.05) is 0 Å². The lowest BCUT2D eigenvalue weighted by Crippen LogP contribution is -2.66. The number of pyridine rings is 1. The van der Waals surface area contributed by atoms with Crippen LogP contribution in [0.4, 0.5) is 0 Å². The van der Waals surface area contributed by atoms with Crippen LogP contribution in [0, 0.1) is 23.2 Å². The molecule has 3 unspecified atom stereocenters. The number of ether oxygens (including phenoxy) is 7. The minimum Gasteiger partial charge on any atom is -0.462 e. The zero-order valence-electron chi connectivity index (χ0n) is 32.9. The van der Waals surface area contributed by atoms with Gasteiger partial charge in [-0.3, -0.25) is 29.0 Å². The quantitative estimate of drug-likeness (QED) is 0.230. The summed E-state index contributed by atoms with van der Waals surface area (Å²) in [6.45, 7) is 14.3. The van der Waals surface area contributed by atoms with Crippen LogP contribution in [0.5, 0.6) is 0 Å². The number of aromatic nitrogens is 1. The highest BCUT2D eigenvalue weighted by Gasteiger charge is 2.77. The van der Waals surface area contributed by atoms with E-state index in [1.807, 2.05) is 0 Å². The Bertz CT molecular complexity index is 1930. The minimum atomic E-state index is -2.75. The fourth-order valence-corrected chi connectivity index (χ4v) is 8.48. The maximum atomic E-state index is 14.7. The van der Waals surface area contributed by atoms with E-state index in [4.69, 9.17) is 33.2 Å². The number of rotatable bonds is 8. The molecular weight excluding hydrogens is 746 g/mol. The third-order valence-corrected chi connectivity index (χ3v) is 10.9. The molecule has 306 valence electrons. The molecule has 5 rings (SSSR count). The standard InChI is InChI=1S/C41H47NO15/c1-20-18-40(56-26(7)46)29(31(20)51-23(4)43)32(52-24(5)44)21(2)33(53-25(6)45)34(54-37(48)27-14-11-10-12-15-27)36(55-38(49)28-16-13-17-42-19-28)39(8,9)35-30(47)22(3)41(40,50)57-35/h10-17,19-20,22,29,31-36,50H,2,18H2,1,3-9H3/t20-,22+,29+,31?,32-,33?,34+,35-,36?,40+,41+/m0/s1. The number of nitrogens with zero attached hydrogens (tertiary/aromatic N) is 1. The molecule has 3 heterocycles. The van der Waals surface area contributed by atoms with Crippen LogP contribution in [0.3, 0.4) is 0 Å².